The fourth-order valence-electron chi connectivity index (χ4n) is 3.91. The molecule has 1 aliphatic carbocycles. The lowest BCUT2D eigenvalue weighted by atomic mass is 10.1. The Balaban J connectivity index is 1.52. The van der Waals surface area contributed by atoms with E-state index in [-0.39, 0.29) is 21.8 Å². The summed E-state index contributed by atoms with van der Waals surface area (Å²) >= 11 is 18.9. The molecule has 4 rings (SSSR count). The van der Waals surface area contributed by atoms with Crippen molar-refractivity contribution in [3.63, 3.8) is 0 Å². The van der Waals surface area contributed by atoms with Crippen LogP contribution in [0.2, 0.25) is 5.02 Å². The third kappa shape index (κ3) is 5.13. The molecule has 35 heavy (non-hydrogen) atoms. The van der Waals surface area contributed by atoms with E-state index in [1.807, 2.05) is 0 Å². The zero-order valence-electron chi connectivity index (χ0n) is 18.1. The van der Waals surface area contributed by atoms with Crippen LogP contribution in [0, 0.1) is 11.7 Å². The minimum Gasteiger partial charge on any atom is -0.326 e. The number of benzene rings is 3. The van der Waals surface area contributed by atoms with Gasteiger partial charge in [-0.05, 0) is 54.1 Å². The fraction of sp³-hybridized carbons (Fsp3) is 0.200. The molecule has 1 fully saturated rings. The van der Waals surface area contributed by atoms with E-state index >= 15 is 0 Å². The van der Waals surface area contributed by atoms with E-state index < -0.39 is 40.2 Å². The van der Waals surface area contributed by atoms with Crippen LogP contribution in [0.1, 0.15) is 33.8 Å². The number of amides is 2. The minimum atomic E-state index is -2.67. The van der Waals surface area contributed by atoms with Crippen LogP contribution < -0.4 is 10.2 Å². The SMILES string of the molecule is CN(C(=O)c1cc(NC(=O)[C@@H]2[C@@H](c3cccc(C(F)F)c3)C2(Cl)Cl)ccc1Cl)c1ccc(F)cc1. The van der Waals surface area contributed by atoms with E-state index in [2.05, 4.69) is 5.32 Å². The lowest BCUT2D eigenvalue weighted by molar-refractivity contribution is -0.117. The molecule has 4 nitrogen and oxygen atoms in total. The quantitative estimate of drug-likeness (QED) is 0.335. The molecular formula is C25H18Cl3F3N2O2. The number of hydrogen-bond donors (Lipinski definition) is 1. The van der Waals surface area contributed by atoms with Crippen LogP contribution in [0.4, 0.5) is 24.5 Å². The number of nitrogens with zero attached hydrogens (tertiary/aromatic N) is 1. The molecule has 2 atom stereocenters. The van der Waals surface area contributed by atoms with Gasteiger partial charge in [-0.1, -0.05) is 29.8 Å². The first-order chi connectivity index (χ1) is 16.5. The van der Waals surface area contributed by atoms with Crippen LogP contribution in [0.3, 0.4) is 0 Å². The third-order valence-corrected chi connectivity index (χ3v) is 7.11. The smallest absolute Gasteiger partial charge is 0.263 e. The zero-order chi connectivity index (χ0) is 25.5. The first kappa shape index (κ1) is 25.4. The average molecular weight is 542 g/mol. The molecule has 2 amide bonds. The number of carbonyl (C=O) groups is 2. The predicted octanol–water partition coefficient (Wildman–Crippen LogP) is 7.22. The van der Waals surface area contributed by atoms with Crippen LogP contribution in [-0.4, -0.2) is 23.2 Å². The first-order valence-corrected chi connectivity index (χ1v) is 11.5. The van der Waals surface area contributed by atoms with Gasteiger partial charge in [-0.2, -0.15) is 0 Å². The van der Waals surface area contributed by atoms with Crippen LogP contribution >= 0.6 is 34.8 Å². The van der Waals surface area contributed by atoms with E-state index in [0.717, 1.165) is 0 Å². The normalized spacial score (nSPS) is 18.3. The summed E-state index contributed by atoms with van der Waals surface area (Å²) in [7, 11) is 1.51. The van der Waals surface area contributed by atoms with Gasteiger partial charge < -0.3 is 10.2 Å². The van der Waals surface area contributed by atoms with Gasteiger partial charge in [0.15, 0.2) is 0 Å². The fourth-order valence-corrected chi connectivity index (χ4v) is 4.93. The highest BCUT2D eigenvalue weighted by molar-refractivity contribution is 6.53. The molecule has 0 radical (unpaired) electrons. The molecule has 0 spiro atoms. The number of rotatable bonds is 6. The van der Waals surface area contributed by atoms with Crippen molar-refractivity contribution in [1.82, 2.24) is 0 Å². The summed E-state index contributed by atoms with van der Waals surface area (Å²) in [6, 6.07) is 15.3. The maximum absolute atomic E-state index is 13.2. The van der Waals surface area contributed by atoms with Gasteiger partial charge in [0.25, 0.3) is 12.3 Å². The maximum Gasteiger partial charge on any atom is 0.263 e. The second-order valence-corrected chi connectivity index (χ2v) is 9.98. The lowest BCUT2D eigenvalue weighted by Gasteiger charge is -2.18. The summed E-state index contributed by atoms with van der Waals surface area (Å²) in [5, 5.41) is 2.82. The molecule has 0 aliphatic heterocycles. The molecule has 0 heterocycles. The lowest BCUT2D eigenvalue weighted by Crippen LogP contribution is -2.26. The van der Waals surface area contributed by atoms with Gasteiger partial charge in [0.2, 0.25) is 5.91 Å². The second-order valence-electron chi connectivity index (χ2n) is 8.13. The monoisotopic (exact) mass is 540 g/mol. The topological polar surface area (TPSA) is 49.4 Å². The average Bonchev–Trinajstić information content (AvgIpc) is 3.42. The molecule has 10 heteroatoms. The van der Waals surface area contributed by atoms with Gasteiger partial charge in [-0.15, -0.1) is 23.2 Å². The molecule has 182 valence electrons. The predicted molar refractivity (Wildman–Crippen MR) is 131 cm³/mol. The molecule has 0 saturated heterocycles. The maximum atomic E-state index is 13.2. The number of nitrogens with one attached hydrogen (secondary N) is 1. The Hall–Kier alpha value is -2.74. The van der Waals surface area contributed by atoms with Crippen molar-refractivity contribution in [3.8, 4) is 0 Å². The van der Waals surface area contributed by atoms with Crippen molar-refractivity contribution in [3.05, 3.63) is 94.3 Å². The number of carbonyl (C=O) groups excluding carboxylic acids is 2. The third-order valence-electron chi connectivity index (χ3n) is 5.84. The highest BCUT2D eigenvalue weighted by atomic mass is 35.5. The van der Waals surface area contributed by atoms with Crippen LogP contribution in [0.5, 0.6) is 0 Å². The van der Waals surface area contributed by atoms with Crippen molar-refractivity contribution in [2.75, 3.05) is 17.3 Å². The molecule has 0 aromatic heterocycles. The first-order valence-electron chi connectivity index (χ1n) is 10.4. The summed E-state index contributed by atoms with van der Waals surface area (Å²) in [5.74, 6) is -3.02. The van der Waals surface area contributed by atoms with Crippen molar-refractivity contribution in [2.45, 2.75) is 16.7 Å². The highest BCUT2D eigenvalue weighted by Gasteiger charge is 2.67. The molecular weight excluding hydrogens is 524 g/mol. The summed E-state index contributed by atoms with van der Waals surface area (Å²) in [4.78, 5) is 27.2. The van der Waals surface area contributed by atoms with Crippen molar-refractivity contribution in [1.29, 1.82) is 0 Å². The number of anilines is 2. The van der Waals surface area contributed by atoms with Gasteiger partial charge in [-0.25, -0.2) is 13.2 Å². The van der Waals surface area contributed by atoms with Crippen LogP contribution in [-0.2, 0) is 4.79 Å². The van der Waals surface area contributed by atoms with Gasteiger partial charge in [0.05, 0.1) is 16.5 Å². The molecule has 1 saturated carbocycles. The summed E-state index contributed by atoms with van der Waals surface area (Å²) in [5.41, 5.74) is 1.06. The number of alkyl halides is 4. The summed E-state index contributed by atoms with van der Waals surface area (Å²) < 4.78 is 37.9. The number of halogens is 6. The Morgan fingerprint density at radius 2 is 1.71 bits per heavy atom. The molecule has 1 N–H and O–H groups in total. The molecule has 1 aliphatic rings. The Morgan fingerprint density at radius 1 is 1.03 bits per heavy atom. The van der Waals surface area contributed by atoms with Crippen LogP contribution in [0.15, 0.2) is 66.7 Å². The Bertz CT molecular complexity index is 1290. The minimum absolute atomic E-state index is 0.108. The summed E-state index contributed by atoms with van der Waals surface area (Å²) in [6.45, 7) is 0. The van der Waals surface area contributed by atoms with Crippen molar-refractivity contribution in [2.24, 2.45) is 5.92 Å². The largest absolute Gasteiger partial charge is 0.326 e. The van der Waals surface area contributed by atoms with Crippen molar-refractivity contribution >= 4 is 58.0 Å². The highest BCUT2D eigenvalue weighted by Crippen LogP contribution is 2.65. The summed E-state index contributed by atoms with van der Waals surface area (Å²) in [6.07, 6.45) is -2.67. The van der Waals surface area contributed by atoms with E-state index in [4.69, 9.17) is 34.8 Å². The van der Waals surface area contributed by atoms with Crippen LogP contribution in [0.25, 0.3) is 0 Å². The molecule has 3 aromatic rings. The van der Waals surface area contributed by atoms with E-state index in [1.54, 1.807) is 6.07 Å². The molecule has 0 bridgehead atoms. The Kier molecular flexibility index (Phi) is 7.04. The van der Waals surface area contributed by atoms with E-state index in [1.165, 1.54) is 72.6 Å². The zero-order valence-corrected chi connectivity index (χ0v) is 20.4. The van der Waals surface area contributed by atoms with Crippen molar-refractivity contribution < 1.29 is 22.8 Å². The standard InChI is InChI=1S/C25H18Cl3F3N2O2/c1-33(17-8-5-15(29)6-9-17)24(35)18-12-16(7-10-19(18)26)32-23(34)21-20(25(21,27)28)13-3-2-4-14(11-13)22(30)31/h2-12,20-22H,1H3,(H,32,34)/t20-,21+/m1/s1. The van der Waals surface area contributed by atoms with Gasteiger partial charge in [-0.3, -0.25) is 9.59 Å². The number of hydrogen-bond acceptors (Lipinski definition) is 2. The van der Waals surface area contributed by atoms with Gasteiger partial charge in [0, 0.05) is 29.9 Å². The Morgan fingerprint density at radius 3 is 2.37 bits per heavy atom. The molecule has 0 unspecified atom stereocenters. The van der Waals surface area contributed by atoms with Gasteiger partial charge in [0.1, 0.15) is 10.2 Å². The second kappa shape index (κ2) is 9.72. The van der Waals surface area contributed by atoms with E-state index in [0.29, 0.717) is 11.3 Å². The van der Waals surface area contributed by atoms with E-state index in [9.17, 15) is 22.8 Å². The Labute approximate surface area is 214 Å². The van der Waals surface area contributed by atoms with Gasteiger partial charge >= 0.3 is 0 Å². The molecule has 3 aromatic carbocycles.